The van der Waals surface area contributed by atoms with Crippen LogP contribution in [0, 0.1) is 5.41 Å². The van der Waals surface area contributed by atoms with Gasteiger partial charge in [0.05, 0.1) is 11.1 Å². The maximum atomic E-state index is 12.4. The summed E-state index contributed by atoms with van der Waals surface area (Å²) >= 11 is 0. The fourth-order valence-electron chi connectivity index (χ4n) is 2.03. The van der Waals surface area contributed by atoms with Gasteiger partial charge in [0.1, 0.15) is 11.6 Å². The molecule has 0 bridgehead atoms. The molecule has 0 unspecified atom stereocenters. The molecule has 21 heavy (non-hydrogen) atoms. The summed E-state index contributed by atoms with van der Waals surface area (Å²) in [6, 6.07) is 4.06. The van der Waals surface area contributed by atoms with Crippen LogP contribution in [-0.2, 0) is 4.79 Å². The van der Waals surface area contributed by atoms with Crippen molar-refractivity contribution in [3.63, 3.8) is 0 Å². The molecular formula is C15H17N3O3. The quantitative estimate of drug-likeness (QED) is 0.899. The van der Waals surface area contributed by atoms with E-state index in [9.17, 15) is 14.7 Å². The van der Waals surface area contributed by atoms with Crippen LogP contribution in [-0.4, -0.2) is 33.0 Å². The number of benzene rings is 1. The van der Waals surface area contributed by atoms with Gasteiger partial charge in [0.15, 0.2) is 0 Å². The van der Waals surface area contributed by atoms with Crippen molar-refractivity contribution in [3.05, 3.63) is 36.2 Å². The van der Waals surface area contributed by atoms with E-state index >= 15 is 0 Å². The SMILES string of the molecule is CC(C)(C)[C@H](NC(=O)c1cccc2nccnc12)C(=O)O. The molecule has 0 fully saturated rings. The third kappa shape index (κ3) is 3.16. The summed E-state index contributed by atoms with van der Waals surface area (Å²) in [4.78, 5) is 32.0. The lowest BCUT2D eigenvalue weighted by Gasteiger charge is -2.27. The number of hydrogen-bond acceptors (Lipinski definition) is 4. The predicted octanol–water partition coefficient (Wildman–Crippen LogP) is 1.86. The highest BCUT2D eigenvalue weighted by molar-refractivity contribution is 6.05. The molecular weight excluding hydrogens is 270 g/mol. The summed E-state index contributed by atoms with van der Waals surface area (Å²) in [5.74, 6) is -1.54. The van der Waals surface area contributed by atoms with Crippen molar-refractivity contribution >= 4 is 22.9 Å². The van der Waals surface area contributed by atoms with Crippen molar-refractivity contribution in [2.45, 2.75) is 26.8 Å². The molecule has 6 heteroatoms. The predicted molar refractivity (Wildman–Crippen MR) is 77.9 cm³/mol. The molecule has 1 aromatic heterocycles. The van der Waals surface area contributed by atoms with Crippen molar-refractivity contribution in [1.82, 2.24) is 15.3 Å². The number of nitrogens with one attached hydrogen (secondary N) is 1. The van der Waals surface area contributed by atoms with Gasteiger partial charge >= 0.3 is 5.97 Å². The number of carbonyl (C=O) groups excluding carboxylic acids is 1. The Kier molecular flexibility index (Phi) is 3.88. The molecule has 1 atom stereocenters. The third-order valence-corrected chi connectivity index (χ3v) is 3.13. The molecule has 0 saturated heterocycles. The van der Waals surface area contributed by atoms with Gasteiger partial charge in [-0.25, -0.2) is 4.79 Å². The van der Waals surface area contributed by atoms with E-state index in [2.05, 4.69) is 15.3 Å². The van der Waals surface area contributed by atoms with Crippen molar-refractivity contribution in [2.24, 2.45) is 5.41 Å². The van der Waals surface area contributed by atoms with Gasteiger partial charge in [0.25, 0.3) is 5.91 Å². The maximum absolute atomic E-state index is 12.4. The van der Waals surface area contributed by atoms with Crippen LogP contribution in [0.4, 0.5) is 0 Å². The van der Waals surface area contributed by atoms with E-state index in [0.29, 0.717) is 16.6 Å². The lowest BCUT2D eigenvalue weighted by atomic mass is 9.86. The van der Waals surface area contributed by atoms with Crippen LogP contribution in [0.25, 0.3) is 11.0 Å². The van der Waals surface area contributed by atoms with Gasteiger partial charge < -0.3 is 10.4 Å². The molecule has 2 N–H and O–H groups in total. The van der Waals surface area contributed by atoms with Crippen molar-refractivity contribution in [1.29, 1.82) is 0 Å². The van der Waals surface area contributed by atoms with Crippen LogP contribution >= 0.6 is 0 Å². The molecule has 0 spiro atoms. The lowest BCUT2D eigenvalue weighted by Crippen LogP contribution is -2.49. The van der Waals surface area contributed by atoms with Gasteiger partial charge in [-0.05, 0) is 17.5 Å². The molecule has 0 radical (unpaired) electrons. The number of carboxylic acids is 1. The fourth-order valence-corrected chi connectivity index (χ4v) is 2.03. The van der Waals surface area contributed by atoms with Gasteiger partial charge in [-0.1, -0.05) is 26.8 Å². The van der Waals surface area contributed by atoms with Crippen molar-refractivity contribution < 1.29 is 14.7 Å². The lowest BCUT2D eigenvalue weighted by molar-refractivity contribution is -0.142. The first kappa shape index (κ1) is 14.9. The minimum absolute atomic E-state index is 0.316. The van der Waals surface area contributed by atoms with E-state index in [1.165, 1.54) is 6.20 Å². The Bertz CT molecular complexity index is 687. The number of para-hydroxylation sites is 1. The van der Waals surface area contributed by atoms with Crippen LogP contribution in [0.5, 0.6) is 0 Å². The van der Waals surface area contributed by atoms with E-state index in [1.807, 2.05) is 0 Å². The molecule has 0 aliphatic carbocycles. The molecule has 1 amide bonds. The third-order valence-electron chi connectivity index (χ3n) is 3.13. The molecule has 2 aromatic rings. The number of nitrogens with zero attached hydrogens (tertiary/aromatic N) is 2. The average Bonchev–Trinajstić information content (AvgIpc) is 2.42. The van der Waals surface area contributed by atoms with E-state index in [0.717, 1.165) is 0 Å². The average molecular weight is 287 g/mol. The van der Waals surface area contributed by atoms with Crippen LogP contribution < -0.4 is 5.32 Å². The number of aromatic nitrogens is 2. The number of rotatable bonds is 3. The first-order valence-corrected chi connectivity index (χ1v) is 6.54. The highest BCUT2D eigenvalue weighted by Gasteiger charge is 2.33. The van der Waals surface area contributed by atoms with Crippen molar-refractivity contribution in [3.8, 4) is 0 Å². The second kappa shape index (κ2) is 5.47. The van der Waals surface area contributed by atoms with Gasteiger partial charge in [-0.3, -0.25) is 14.8 Å². The molecule has 2 rings (SSSR count). The monoisotopic (exact) mass is 287 g/mol. The van der Waals surface area contributed by atoms with Crippen molar-refractivity contribution in [2.75, 3.05) is 0 Å². The minimum atomic E-state index is -1.07. The molecule has 1 aromatic carbocycles. The normalized spacial score (nSPS) is 12.9. The standard InChI is InChI=1S/C15H17N3O3/c1-15(2,3)12(14(20)21)18-13(19)9-5-4-6-10-11(9)17-8-7-16-10/h4-8,12H,1-3H3,(H,18,19)(H,20,21)/t12-/m1/s1. The molecule has 0 aliphatic rings. The van der Waals surface area contributed by atoms with E-state index in [-0.39, 0.29) is 0 Å². The maximum Gasteiger partial charge on any atom is 0.326 e. The van der Waals surface area contributed by atoms with Gasteiger partial charge in [0, 0.05) is 12.4 Å². The van der Waals surface area contributed by atoms with E-state index < -0.39 is 23.3 Å². The number of aliphatic carboxylic acids is 1. The van der Waals surface area contributed by atoms with Crippen LogP contribution in [0.1, 0.15) is 31.1 Å². The van der Waals surface area contributed by atoms with Crippen LogP contribution in [0.15, 0.2) is 30.6 Å². The Morgan fingerprint density at radius 3 is 2.48 bits per heavy atom. The Labute approximate surface area is 122 Å². The summed E-state index contributed by atoms with van der Waals surface area (Å²) in [5.41, 5.74) is 0.761. The number of carbonyl (C=O) groups is 2. The molecule has 110 valence electrons. The Morgan fingerprint density at radius 2 is 1.86 bits per heavy atom. The summed E-state index contributed by atoms with van der Waals surface area (Å²) in [5, 5.41) is 11.8. The Balaban J connectivity index is 2.37. The zero-order chi connectivity index (χ0) is 15.6. The second-order valence-corrected chi connectivity index (χ2v) is 5.84. The Morgan fingerprint density at radius 1 is 1.19 bits per heavy atom. The van der Waals surface area contributed by atoms with Gasteiger partial charge in [-0.15, -0.1) is 0 Å². The molecule has 0 saturated carbocycles. The van der Waals surface area contributed by atoms with Gasteiger partial charge in [0.2, 0.25) is 0 Å². The van der Waals surface area contributed by atoms with E-state index in [4.69, 9.17) is 0 Å². The van der Waals surface area contributed by atoms with E-state index in [1.54, 1.807) is 45.2 Å². The topological polar surface area (TPSA) is 92.2 Å². The largest absolute Gasteiger partial charge is 0.480 e. The number of fused-ring (bicyclic) bond motifs is 1. The summed E-state index contributed by atoms with van der Waals surface area (Å²) in [7, 11) is 0. The highest BCUT2D eigenvalue weighted by Crippen LogP contribution is 2.21. The molecule has 1 heterocycles. The molecule has 0 aliphatic heterocycles. The summed E-state index contributed by atoms with van der Waals surface area (Å²) in [6.45, 7) is 5.28. The first-order chi connectivity index (χ1) is 9.80. The number of carboxylic acid groups (broad SMARTS) is 1. The first-order valence-electron chi connectivity index (χ1n) is 6.54. The second-order valence-electron chi connectivity index (χ2n) is 5.84. The van der Waals surface area contributed by atoms with Crippen LogP contribution in [0.2, 0.25) is 0 Å². The number of hydrogen-bond donors (Lipinski definition) is 2. The minimum Gasteiger partial charge on any atom is -0.480 e. The summed E-state index contributed by atoms with van der Waals surface area (Å²) in [6.07, 6.45) is 3.04. The molecule has 6 nitrogen and oxygen atoms in total. The Hall–Kier alpha value is -2.50. The highest BCUT2D eigenvalue weighted by atomic mass is 16.4. The number of amides is 1. The zero-order valence-electron chi connectivity index (χ0n) is 12.1. The summed E-state index contributed by atoms with van der Waals surface area (Å²) < 4.78 is 0. The fraction of sp³-hybridized carbons (Fsp3) is 0.333. The van der Waals surface area contributed by atoms with Gasteiger partial charge in [-0.2, -0.15) is 0 Å². The van der Waals surface area contributed by atoms with Crippen LogP contribution in [0.3, 0.4) is 0 Å². The smallest absolute Gasteiger partial charge is 0.326 e. The zero-order valence-corrected chi connectivity index (χ0v) is 12.1.